The molecule has 6 rings (SSSR count). The summed E-state index contributed by atoms with van der Waals surface area (Å²) in [6.45, 7) is 5.65. The van der Waals surface area contributed by atoms with Crippen LogP contribution in [0.2, 0.25) is 0 Å². The molecule has 0 aliphatic carbocycles. The molecule has 2 heterocycles. The molecule has 4 aromatic carbocycles. The van der Waals surface area contributed by atoms with E-state index in [0.29, 0.717) is 51.5 Å². The summed E-state index contributed by atoms with van der Waals surface area (Å²) in [5.74, 6) is -0.327. The highest BCUT2D eigenvalue weighted by molar-refractivity contribution is 6.19. The van der Waals surface area contributed by atoms with E-state index in [1.165, 1.54) is 0 Å². The highest BCUT2D eigenvalue weighted by Gasteiger charge is 2.36. The quantitative estimate of drug-likeness (QED) is 0.158. The molecule has 1 aromatic heterocycles. The first-order valence-electron chi connectivity index (χ1n) is 14.0. The number of nitrogens with zero attached hydrogens (tertiary/aromatic N) is 2. The van der Waals surface area contributed by atoms with Gasteiger partial charge in [0.15, 0.2) is 5.82 Å². The van der Waals surface area contributed by atoms with E-state index in [4.69, 9.17) is 16.3 Å². The van der Waals surface area contributed by atoms with Crippen molar-refractivity contribution < 1.29 is 24.2 Å². The van der Waals surface area contributed by atoms with E-state index in [2.05, 4.69) is 20.6 Å². The number of benzene rings is 4. The molecule has 3 amide bonds. The number of carbonyl (C=O) groups is 3. The van der Waals surface area contributed by atoms with Gasteiger partial charge in [-0.1, -0.05) is 30.3 Å². The van der Waals surface area contributed by atoms with Crippen molar-refractivity contribution in [2.75, 3.05) is 28.0 Å². The smallest absolute Gasteiger partial charge is 0.412 e. The minimum absolute atomic E-state index is 0.0866. The zero-order chi connectivity index (χ0) is 31.2. The predicted molar refractivity (Wildman–Crippen MR) is 171 cm³/mol. The number of hydrogen-bond acceptors (Lipinski definition) is 6. The second kappa shape index (κ2) is 11.2. The number of rotatable bonds is 5. The normalized spacial score (nSPS) is 14.5. The molecule has 10 nitrogen and oxygen atoms in total. The van der Waals surface area contributed by atoms with Crippen molar-refractivity contribution >= 4 is 68.4 Å². The monoisotopic (exact) mass is 611 g/mol. The van der Waals surface area contributed by atoms with Crippen molar-refractivity contribution in [2.24, 2.45) is 0 Å². The molecule has 0 bridgehead atoms. The first-order chi connectivity index (χ1) is 21.0. The van der Waals surface area contributed by atoms with Crippen molar-refractivity contribution in [2.45, 2.75) is 32.3 Å². The van der Waals surface area contributed by atoms with Crippen LogP contribution in [0.3, 0.4) is 0 Å². The number of H-pyrrole nitrogens is 1. The van der Waals surface area contributed by atoms with Crippen LogP contribution >= 0.6 is 11.6 Å². The number of aromatic nitrogens is 2. The van der Waals surface area contributed by atoms with Gasteiger partial charge in [-0.2, -0.15) is 0 Å². The fourth-order valence-electron chi connectivity index (χ4n) is 5.42. The number of carbonyl (C=O) groups excluding carboxylic acids is 3. The van der Waals surface area contributed by atoms with Crippen molar-refractivity contribution in [3.05, 3.63) is 89.7 Å². The SMILES string of the molecule is CC(C)(C)OC(=O)Nc1cccc(C(=O)Nc2ccc3nc(C(=O)N4C[C@@H](CCl)c5c4cc(O)c4ccccc54)[nH]c3c2)c1. The maximum absolute atomic E-state index is 13.7. The minimum atomic E-state index is -0.654. The number of aromatic amines is 1. The Morgan fingerprint density at radius 2 is 1.75 bits per heavy atom. The Labute approximate surface area is 258 Å². The lowest BCUT2D eigenvalue weighted by molar-refractivity contribution is 0.0635. The molecule has 0 saturated carbocycles. The van der Waals surface area contributed by atoms with Gasteiger partial charge in [-0.15, -0.1) is 11.6 Å². The van der Waals surface area contributed by atoms with Gasteiger partial charge in [0.25, 0.3) is 11.8 Å². The molecule has 1 aliphatic rings. The van der Waals surface area contributed by atoms with E-state index in [9.17, 15) is 19.5 Å². The standard InChI is InChI=1S/C33H30ClN5O5/c1-33(2,3)44-32(43)36-20-8-6-7-18(13-20)30(41)35-21-11-12-24-25(14-21)38-29(37-24)31(42)39-17-19(16-34)28-23-10-5-4-9-22(23)27(40)15-26(28)39/h4-15,19,40H,16-17H2,1-3H3,(H,35,41)(H,36,43)(H,37,38)/t19-/m1/s1. The number of fused-ring (bicyclic) bond motifs is 4. The van der Waals surface area contributed by atoms with Crippen molar-refractivity contribution in [3.63, 3.8) is 0 Å². The first kappa shape index (κ1) is 29.0. The third-order valence-corrected chi connectivity index (χ3v) is 7.66. The molecule has 0 unspecified atom stereocenters. The molecule has 0 fully saturated rings. The van der Waals surface area contributed by atoms with Gasteiger partial charge in [0.1, 0.15) is 11.4 Å². The van der Waals surface area contributed by atoms with Gasteiger partial charge in [0.2, 0.25) is 0 Å². The molecule has 0 spiro atoms. The highest BCUT2D eigenvalue weighted by Crippen LogP contribution is 2.45. The second-order valence-corrected chi connectivity index (χ2v) is 11.9. The van der Waals surface area contributed by atoms with Crippen LogP contribution in [0.4, 0.5) is 21.9 Å². The van der Waals surface area contributed by atoms with E-state index in [0.717, 1.165) is 10.9 Å². The molecule has 1 atom stereocenters. The zero-order valence-electron chi connectivity index (χ0n) is 24.3. The van der Waals surface area contributed by atoms with Gasteiger partial charge in [-0.25, -0.2) is 9.78 Å². The van der Waals surface area contributed by atoms with Crippen LogP contribution in [-0.4, -0.2) is 51.0 Å². The Hall–Kier alpha value is -5.09. The number of phenolic OH excluding ortho intramolecular Hbond substituents is 1. The van der Waals surface area contributed by atoms with Crippen LogP contribution in [0.25, 0.3) is 21.8 Å². The van der Waals surface area contributed by atoms with E-state index in [-0.39, 0.29) is 29.3 Å². The summed E-state index contributed by atoms with van der Waals surface area (Å²) in [6.07, 6.45) is -0.620. The number of ether oxygens (including phenoxy) is 1. The van der Waals surface area contributed by atoms with Gasteiger partial charge in [0, 0.05) is 46.7 Å². The van der Waals surface area contributed by atoms with Crippen LogP contribution in [0.5, 0.6) is 5.75 Å². The lowest BCUT2D eigenvalue weighted by atomic mass is 9.95. The number of halogens is 1. The fourth-order valence-corrected chi connectivity index (χ4v) is 5.68. The maximum atomic E-state index is 13.7. The second-order valence-electron chi connectivity index (χ2n) is 11.6. The van der Waals surface area contributed by atoms with Crippen molar-refractivity contribution in [1.29, 1.82) is 0 Å². The number of amides is 3. The number of imidazole rings is 1. The molecule has 4 N–H and O–H groups in total. The maximum Gasteiger partial charge on any atom is 0.412 e. The Morgan fingerprint density at radius 3 is 2.50 bits per heavy atom. The molecular weight excluding hydrogens is 582 g/mol. The van der Waals surface area contributed by atoms with E-state index in [1.807, 2.05) is 24.3 Å². The topological polar surface area (TPSA) is 137 Å². The minimum Gasteiger partial charge on any atom is -0.507 e. The number of hydrogen-bond donors (Lipinski definition) is 4. The lowest BCUT2D eigenvalue weighted by Crippen LogP contribution is -2.30. The Kier molecular flexibility index (Phi) is 7.38. The molecule has 1 aliphatic heterocycles. The van der Waals surface area contributed by atoms with E-state index in [1.54, 1.807) is 74.2 Å². The number of phenols is 1. The molecular formula is C33H30ClN5O5. The van der Waals surface area contributed by atoms with Gasteiger partial charge in [-0.05, 0) is 68.1 Å². The summed E-state index contributed by atoms with van der Waals surface area (Å²) in [6, 6.07) is 20.7. The summed E-state index contributed by atoms with van der Waals surface area (Å²) >= 11 is 6.33. The van der Waals surface area contributed by atoms with E-state index < -0.39 is 11.7 Å². The number of nitrogens with one attached hydrogen (secondary N) is 3. The summed E-state index contributed by atoms with van der Waals surface area (Å²) in [7, 11) is 0. The van der Waals surface area contributed by atoms with Crippen LogP contribution < -0.4 is 15.5 Å². The van der Waals surface area contributed by atoms with Gasteiger partial charge in [0.05, 0.1) is 16.7 Å². The number of alkyl halides is 1. The molecule has 5 aromatic rings. The lowest BCUT2D eigenvalue weighted by Gasteiger charge is -2.19. The average molecular weight is 612 g/mol. The van der Waals surface area contributed by atoms with Crippen molar-refractivity contribution in [3.8, 4) is 5.75 Å². The fraction of sp³-hybridized carbons (Fsp3) is 0.212. The third-order valence-electron chi connectivity index (χ3n) is 7.29. The molecule has 0 saturated heterocycles. The summed E-state index contributed by atoms with van der Waals surface area (Å²) in [4.78, 5) is 48.1. The predicted octanol–water partition coefficient (Wildman–Crippen LogP) is 7.00. The Morgan fingerprint density at radius 1 is 1.00 bits per heavy atom. The molecule has 44 heavy (non-hydrogen) atoms. The highest BCUT2D eigenvalue weighted by atomic mass is 35.5. The van der Waals surface area contributed by atoms with Crippen LogP contribution in [0.1, 0.15) is 53.2 Å². The number of anilines is 3. The van der Waals surface area contributed by atoms with Gasteiger partial charge in [-0.3, -0.25) is 14.9 Å². The summed E-state index contributed by atoms with van der Waals surface area (Å²) < 4.78 is 5.28. The Bertz CT molecular complexity index is 1950. The zero-order valence-corrected chi connectivity index (χ0v) is 25.0. The first-order valence-corrected chi connectivity index (χ1v) is 14.6. The van der Waals surface area contributed by atoms with E-state index >= 15 is 0 Å². The molecule has 224 valence electrons. The Balaban J connectivity index is 1.21. The van der Waals surface area contributed by atoms with Crippen LogP contribution in [-0.2, 0) is 4.74 Å². The van der Waals surface area contributed by atoms with Crippen LogP contribution in [0.15, 0.2) is 72.8 Å². The largest absolute Gasteiger partial charge is 0.507 e. The summed E-state index contributed by atoms with van der Waals surface area (Å²) in [5, 5.41) is 17.7. The average Bonchev–Trinajstić information content (AvgIpc) is 3.57. The van der Waals surface area contributed by atoms with Gasteiger partial charge < -0.3 is 25.0 Å². The van der Waals surface area contributed by atoms with Gasteiger partial charge >= 0.3 is 6.09 Å². The molecule has 0 radical (unpaired) electrons. The third kappa shape index (κ3) is 5.63. The summed E-state index contributed by atoms with van der Waals surface area (Å²) in [5.41, 5.74) is 3.21. The van der Waals surface area contributed by atoms with Crippen LogP contribution in [0, 0.1) is 0 Å². The molecule has 11 heteroatoms. The van der Waals surface area contributed by atoms with Crippen molar-refractivity contribution in [1.82, 2.24) is 9.97 Å². The number of aromatic hydroxyl groups is 1.